The Morgan fingerprint density at radius 1 is 0.725 bits per heavy atom. The highest BCUT2D eigenvalue weighted by molar-refractivity contribution is 5.89. The van der Waals surface area contributed by atoms with Gasteiger partial charge in [-0.3, -0.25) is 0 Å². The Morgan fingerprint density at radius 2 is 1.10 bits per heavy atom. The van der Waals surface area contributed by atoms with Crippen LogP contribution in [0.4, 0.5) is 0 Å². The molecular formula is C33H48N2O5. The Balaban J connectivity index is 2.25. The number of carboxylic acids is 2. The van der Waals surface area contributed by atoms with Crippen LogP contribution in [0.5, 0.6) is 11.5 Å². The summed E-state index contributed by atoms with van der Waals surface area (Å²) in [5, 5.41) is 19.9. The van der Waals surface area contributed by atoms with Crippen molar-refractivity contribution in [3.05, 3.63) is 58.7 Å². The third-order valence-electron chi connectivity index (χ3n) is 8.18. The molecule has 1 aliphatic rings. The molecule has 40 heavy (non-hydrogen) atoms. The van der Waals surface area contributed by atoms with Gasteiger partial charge in [0.25, 0.3) is 0 Å². The van der Waals surface area contributed by atoms with E-state index in [4.69, 9.17) is 4.74 Å². The van der Waals surface area contributed by atoms with Crippen LogP contribution < -0.4 is 4.74 Å². The van der Waals surface area contributed by atoms with Crippen molar-refractivity contribution in [2.75, 3.05) is 41.3 Å². The quantitative estimate of drug-likeness (QED) is 0.261. The molecule has 7 heteroatoms. The first kappa shape index (κ1) is 31.6. The van der Waals surface area contributed by atoms with Crippen molar-refractivity contribution in [3.63, 3.8) is 0 Å². The normalized spacial score (nSPS) is 14.6. The molecule has 7 nitrogen and oxygen atoms in total. The molecule has 1 aliphatic heterocycles. The molecule has 0 amide bonds. The van der Waals surface area contributed by atoms with E-state index in [1.807, 2.05) is 0 Å². The van der Waals surface area contributed by atoms with E-state index in [0.29, 0.717) is 11.5 Å². The van der Waals surface area contributed by atoms with Gasteiger partial charge in [0.1, 0.15) is 11.5 Å². The minimum Gasteiger partial charge on any atom is -0.478 e. The monoisotopic (exact) mass is 552 g/mol. The summed E-state index contributed by atoms with van der Waals surface area (Å²) in [6, 6.07) is 10.2. The van der Waals surface area contributed by atoms with Crippen molar-refractivity contribution in [1.82, 2.24) is 9.80 Å². The molecule has 3 rings (SSSR count). The van der Waals surface area contributed by atoms with E-state index in [1.54, 1.807) is 36.4 Å². The minimum absolute atomic E-state index is 0.111. The second kappa shape index (κ2) is 12.3. The Kier molecular flexibility index (Phi) is 9.74. The maximum Gasteiger partial charge on any atom is 0.335 e. The van der Waals surface area contributed by atoms with Gasteiger partial charge < -0.3 is 24.7 Å². The number of carbonyl (C=O) groups is 2. The van der Waals surface area contributed by atoms with Crippen molar-refractivity contribution < 1.29 is 24.5 Å². The van der Waals surface area contributed by atoms with Crippen molar-refractivity contribution in [2.24, 2.45) is 10.8 Å². The first-order chi connectivity index (χ1) is 18.5. The van der Waals surface area contributed by atoms with E-state index in [0.717, 1.165) is 62.7 Å². The molecule has 2 aromatic carbocycles. The van der Waals surface area contributed by atoms with Crippen LogP contribution in [0.1, 0.15) is 98.1 Å². The molecule has 0 spiro atoms. The summed E-state index contributed by atoms with van der Waals surface area (Å²) < 4.78 is 6.36. The number of nitrogens with zero attached hydrogens (tertiary/aromatic N) is 2. The number of hydrogen-bond donors (Lipinski definition) is 2. The second-order valence-corrected chi connectivity index (χ2v) is 13.7. The minimum atomic E-state index is -0.989. The fraction of sp³-hybridized carbons (Fsp3) is 0.576. The molecule has 0 saturated carbocycles. The molecule has 0 atom stereocenters. The van der Waals surface area contributed by atoms with Crippen LogP contribution in [0.3, 0.4) is 0 Å². The second-order valence-electron chi connectivity index (χ2n) is 13.7. The lowest BCUT2D eigenvalue weighted by molar-refractivity contribution is 0.0686. The predicted molar refractivity (Wildman–Crippen MR) is 160 cm³/mol. The van der Waals surface area contributed by atoms with Crippen LogP contribution in [0, 0.1) is 10.8 Å². The highest BCUT2D eigenvalue weighted by atomic mass is 16.5. The predicted octanol–water partition coefficient (Wildman–Crippen LogP) is 6.99. The average molecular weight is 553 g/mol. The van der Waals surface area contributed by atoms with E-state index in [2.05, 4.69) is 65.7 Å². The summed E-state index contributed by atoms with van der Waals surface area (Å²) in [5.41, 5.74) is 1.23. The number of fused-ring (bicyclic) bond motifs is 2. The van der Waals surface area contributed by atoms with Gasteiger partial charge in [-0.1, -0.05) is 27.7 Å². The number of rotatable bonds is 14. The summed E-state index contributed by atoms with van der Waals surface area (Å²) in [6.45, 7) is 11.1. The maximum atomic E-state index is 12.1. The van der Waals surface area contributed by atoms with Crippen LogP contribution in [-0.2, 0) is 5.41 Å². The first-order valence-electron chi connectivity index (χ1n) is 14.3. The van der Waals surface area contributed by atoms with E-state index >= 15 is 0 Å². The highest BCUT2D eigenvalue weighted by Gasteiger charge is 2.48. The first-order valence-corrected chi connectivity index (χ1v) is 14.3. The van der Waals surface area contributed by atoms with Crippen LogP contribution in [0.25, 0.3) is 0 Å². The summed E-state index contributed by atoms with van der Waals surface area (Å²) in [7, 11) is 8.32. The van der Waals surface area contributed by atoms with Gasteiger partial charge in [-0.15, -0.1) is 0 Å². The Hall–Kier alpha value is -2.90. The van der Waals surface area contributed by atoms with Gasteiger partial charge >= 0.3 is 11.9 Å². The Bertz CT molecular complexity index is 1120. The van der Waals surface area contributed by atoms with Gasteiger partial charge in [0, 0.05) is 16.5 Å². The third-order valence-corrected chi connectivity index (χ3v) is 8.18. The molecule has 0 aromatic heterocycles. The van der Waals surface area contributed by atoms with Gasteiger partial charge in [0.05, 0.1) is 11.1 Å². The van der Waals surface area contributed by atoms with Gasteiger partial charge in [-0.05, 0) is 127 Å². The lowest BCUT2D eigenvalue weighted by Crippen LogP contribution is -2.41. The van der Waals surface area contributed by atoms with E-state index in [-0.39, 0.29) is 22.0 Å². The molecule has 0 radical (unpaired) electrons. The Labute approximate surface area is 240 Å². The third kappa shape index (κ3) is 7.64. The molecule has 0 saturated heterocycles. The summed E-state index contributed by atoms with van der Waals surface area (Å²) in [5.74, 6) is -0.683. The van der Waals surface area contributed by atoms with E-state index in [1.165, 1.54) is 0 Å². The van der Waals surface area contributed by atoms with Crippen LogP contribution in [0.2, 0.25) is 0 Å². The SMILES string of the molecule is CN(C)CCCC(C)(C)CC1(CC(C)(C)CCCN(C)C)c2cc(C(=O)O)ccc2Oc2ccc(C(=O)O)cc21. The summed E-state index contributed by atoms with van der Waals surface area (Å²) in [4.78, 5) is 28.7. The van der Waals surface area contributed by atoms with Crippen molar-refractivity contribution in [1.29, 1.82) is 0 Å². The average Bonchev–Trinajstić information content (AvgIpc) is 2.82. The molecule has 0 unspecified atom stereocenters. The maximum absolute atomic E-state index is 12.1. The molecule has 2 N–H and O–H groups in total. The van der Waals surface area contributed by atoms with Crippen molar-refractivity contribution >= 4 is 11.9 Å². The molecule has 0 fully saturated rings. The zero-order chi connectivity index (χ0) is 29.9. The molecule has 0 aliphatic carbocycles. The van der Waals surface area contributed by atoms with Gasteiger partial charge in [-0.2, -0.15) is 0 Å². The van der Waals surface area contributed by atoms with E-state index < -0.39 is 17.4 Å². The lowest BCUT2D eigenvalue weighted by Gasteiger charge is -2.48. The molecule has 0 bridgehead atoms. The zero-order valence-electron chi connectivity index (χ0n) is 25.6. The molecule has 220 valence electrons. The number of aromatic carboxylic acids is 2. The summed E-state index contributed by atoms with van der Waals surface area (Å²) >= 11 is 0. The highest BCUT2D eigenvalue weighted by Crippen LogP contribution is 2.58. The topological polar surface area (TPSA) is 90.3 Å². The smallest absolute Gasteiger partial charge is 0.335 e. The molecule has 2 aromatic rings. The number of ether oxygens (including phenoxy) is 1. The van der Waals surface area contributed by atoms with Crippen LogP contribution in [0.15, 0.2) is 36.4 Å². The summed E-state index contributed by atoms with van der Waals surface area (Å²) in [6.07, 6.45) is 5.50. The fourth-order valence-corrected chi connectivity index (χ4v) is 6.52. The van der Waals surface area contributed by atoms with Gasteiger partial charge in [0.2, 0.25) is 0 Å². The number of hydrogen-bond acceptors (Lipinski definition) is 5. The standard InChI is InChI=1S/C33H48N2O5/c1-31(2,15-9-17-34(5)6)21-33(22-32(3,4)16-10-18-35(7)8)25-19-23(29(36)37)11-13-27(25)40-28-14-12-24(30(38)39)20-26(28)33/h11-14,19-20H,9-10,15-18,21-22H2,1-8H3,(H,36,37)(H,38,39). The number of carboxylic acid groups (broad SMARTS) is 2. The van der Waals surface area contributed by atoms with Crippen molar-refractivity contribution in [3.8, 4) is 11.5 Å². The Morgan fingerprint density at radius 3 is 1.43 bits per heavy atom. The van der Waals surface area contributed by atoms with Crippen LogP contribution in [-0.4, -0.2) is 73.2 Å². The van der Waals surface area contributed by atoms with Crippen LogP contribution >= 0.6 is 0 Å². The van der Waals surface area contributed by atoms with Gasteiger partial charge in [0.15, 0.2) is 0 Å². The largest absolute Gasteiger partial charge is 0.478 e. The lowest BCUT2D eigenvalue weighted by atomic mass is 9.57. The fourth-order valence-electron chi connectivity index (χ4n) is 6.52. The van der Waals surface area contributed by atoms with Crippen molar-refractivity contribution in [2.45, 2.75) is 71.6 Å². The van der Waals surface area contributed by atoms with Gasteiger partial charge in [-0.25, -0.2) is 9.59 Å². The zero-order valence-corrected chi connectivity index (χ0v) is 25.6. The number of benzene rings is 2. The molecule has 1 heterocycles. The molecular weight excluding hydrogens is 504 g/mol. The van der Waals surface area contributed by atoms with E-state index in [9.17, 15) is 19.8 Å².